The van der Waals surface area contributed by atoms with Crippen LogP contribution in [-0.2, 0) is 14.3 Å². The normalized spacial score (nSPS) is 14.3. The molecule has 1 aromatic carbocycles. The topological polar surface area (TPSA) is 79.0 Å². The molecule has 0 aromatic heterocycles. The molecule has 7 nitrogen and oxygen atoms in total. The van der Waals surface area contributed by atoms with Crippen molar-refractivity contribution in [3.63, 3.8) is 0 Å². The van der Waals surface area contributed by atoms with Gasteiger partial charge >= 0.3 is 17.9 Å². The van der Waals surface area contributed by atoms with Crippen LogP contribution in [0.4, 0.5) is 10.5 Å². The fourth-order valence-electron chi connectivity index (χ4n) is 2.21. The van der Waals surface area contributed by atoms with E-state index in [9.17, 15) is 14.4 Å². The molecule has 0 aliphatic carbocycles. The van der Waals surface area contributed by atoms with Gasteiger partial charge in [0.15, 0.2) is 0 Å². The van der Waals surface area contributed by atoms with Crippen molar-refractivity contribution in [3.05, 3.63) is 28.2 Å². The first-order chi connectivity index (χ1) is 11.4. The van der Waals surface area contributed by atoms with Crippen LogP contribution >= 0.6 is 23.2 Å². The minimum absolute atomic E-state index is 0.270. The van der Waals surface area contributed by atoms with E-state index in [4.69, 9.17) is 27.9 Å². The zero-order chi connectivity index (χ0) is 17.7. The molecule has 1 heterocycles. The van der Waals surface area contributed by atoms with Crippen LogP contribution in [0.5, 0.6) is 0 Å². The summed E-state index contributed by atoms with van der Waals surface area (Å²) in [5, 5.41) is 3.12. The third-order valence-corrected chi connectivity index (χ3v) is 4.20. The molecule has 9 heteroatoms. The Morgan fingerprint density at radius 3 is 2.29 bits per heavy atom. The zero-order valence-electron chi connectivity index (χ0n) is 13.1. The molecule has 0 atom stereocenters. The summed E-state index contributed by atoms with van der Waals surface area (Å²) in [4.78, 5) is 38.7. The summed E-state index contributed by atoms with van der Waals surface area (Å²) in [6, 6.07) is 4.55. The van der Waals surface area contributed by atoms with Crippen LogP contribution in [-0.4, -0.2) is 60.5 Å². The van der Waals surface area contributed by atoms with Gasteiger partial charge in [-0.3, -0.25) is 9.59 Å². The summed E-state index contributed by atoms with van der Waals surface area (Å²) in [6.07, 6.45) is -0.412. The van der Waals surface area contributed by atoms with Gasteiger partial charge in [0, 0.05) is 31.9 Å². The fourth-order valence-corrected chi connectivity index (χ4v) is 2.51. The van der Waals surface area contributed by atoms with Gasteiger partial charge in [0.05, 0.1) is 16.7 Å². The number of benzene rings is 1. The predicted octanol–water partition coefficient (Wildman–Crippen LogP) is 2.23. The van der Waals surface area contributed by atoms with Crippen LogP contribution in [0.15, 0.2) is 18.2 Å². The zero-order valence-corrected chi connectivity index (χ0v) is 14.6. The summed E-state index contributed by atoms with van der Waals surface area (Å²) in [5.74, 6) is -1.43. The first-order valence-corrected chi connectivity index (χ1v) is 8.15. The highest BCUT2D eigenvalue weighted by Crippen LogP contribution is 2.25. The number of carbonyl (C=O) groups excluding carboxylic acids is 3. The van der Waals surface area contributed by atoms with Gasteiger partial charge in [-0.25, -0.2) is 4.79 Å². The summed E-state index contributed by atoms with van der Waals surface area (Å²) in [6.45, 7) is 3.21. The molecular formula is C15H17Cl2N3O4. The van der Waals surface area contributed by atoms with Gasteiger partial charge in [-0.05, 0) is 25.1 Å². The van der Waals surface area contributed by atoms with Crippen molar-refractivity contribution in [1.29, 1.82) is 0 Å². The third-order valence-electron chi connectivity index (χ3n) is 3.46. The van der Waals surface area contributed by atoms with Gasteiger partial charge in [0.1, 0.15) is 0 Å². The SMILES string of the molecule is CCOC(=O)N1CCN(C(=O)C(=O)Nc2ccc(Cl)c(Cl)c2)CC1. The molecule has 1 aliphatic rings. The largest absolute Gasteiger partial charge is 0.450 e. The van der Waals surface area contributed by atoms with E-state index in [0.717, 1.165) is 0 Å². The Kier molecular flexibility index (Phi) is 6.28. The van der Waals surface area contributed by atoms with Gasteiger partial charge in [-0.1, -0.05) is 23.2 Å². The number of ether oxygens (including phenoxy) is 1. The van der Waals surface area contributed by atoms with E-state index in [1.54, 1.807) is 13.0 Å². The second kappa shape index (κ2) is 8.21. The molecule has 0 spiro atoms. The Morgan fingerprint density at radius 2 is 1.71 bits per heavy atom. The van der Waals surface area contributed by atoms with Gasteiger partial charge in [-0.2, -0.15) is 0 Å². The minimum atomic E-state index is -0.766. The maximum absolute atomic E-state index is 12.2. The van der Waals surface area contributed by atoms with Crippen LogP contribution in [0.1, 0.15) is 6.92 Å². The van der Waals surface area contributed by atoms with Crippen LogP contribution in [0, 0.1) is 0 Å². The Morgan fingerprint density at radius 1 is 1.08 bits per heavy atom. The Balaban J connectivity index is 1.89. The third kappa shape index (κ3) is 4.52. The van der Waals surface area contributed by atoms with E-state index in [2.05, 4.69) is 5.32 Å². The Bertz CT molecular complexity index is 646. The molecule has 24 heavy (non-hydrogen) atoms. The average molecular weight is 374 g/mol. The molecule has 1 aromatic rings. The van der Waals surface area contributed by atoms with Crippen LogP contribution in [0.2, 0.25) is 10.0 Å². The summed E-state index contributed by atoms with van der Waals surface area (Å²) < 4.78 is 4.91. The second-order valence-corrected chi connectivity index (χ2v) is 5.88. The molecule has 0 radical (unpaired) electrons. The molecule has 2 rings (SSSR count). The van der Waals surface area contributed by atoms with E-state index in [-0.39, 0.29) is 18.1 Å². The molecule has 0 unspecified atom stereocenters. The average Bonchev–Trinajstić information content (AvgIpc) is 2.58. The van der Waals surface area contributed by atoms with E-state index in [1.807, 2.05) is 0 Å². The molecule has 1 aliphatic heterocycles. The van der Waals surface area contributed by atoms with E-state index < -0.39 is 17.9 Å². The quantitative estimate of drug-likeness (QED) is 0.806. The lowest BCUT2D eigenvalue weighted by Gasteiger charge is -2.33. The number of anilines is 1. The van der Waals surface area contributed by atoms with Crippen molar-refractivity contribution in [3.8, 4) is 0 Å². The fraction of sp³-hybridized carbons (Fsp3) is 0.400. The minimum Gasteiger partial charge on any atom is -0.450 e. The number of hydrogen-bond acceptors (Lipinski definition) is 4. The molecule has 1 saturated heterocycles. The molecule has 0 saturated carbocycles. The number of halogens is 2. The Labute approximate surface area is 149 Å². The van der Waals surface area contributed by atoms with Crippen molar-refractivity contribution in [1.82, 2.24) is 9.80 Å². The number of nitrogens with one attached hydrogen (secondary N) is 1. The van der Waals surface area contributed by atoms with Crippen LogP contribution in [0.3, 0.4) is 0 Å². The number of amides is 3. The van der Waals surface area contributed by atoms with Crippen molar-refractivity contribution in [2.45, 2.75) is 6.92 Å². The molecule has 1 N–H and O–H groups in total. The first kappa shape index (κ1) is 18.4. The van der Waals surface area contributed by atoms with Crippen molar-refractivity contribution >= 4 is 46.8 Å². The van der Waals surface area contributed by atoms with Gasteiger partial charge in [0.25, 0.3) is 0 Å². The highest BCUT2D eigenvalue weighted by atomic mass is 35.5. The lowest BCUT2D eigenvalue weighted by molar-refractivity contribution is -0.144. The summed E-state index contributed by atoms with van der Waals surface area (Å²) in [5.41, 5.74) is 0.382. The monoisotopic (exact) mass is 373 g/mol. The smallest absolute Gasteiger partial charge is 0.409 e. The van der Waals surface area contributed by atoms with Crippen molar-refractivity contribution < 1.29 is 19.1 Å². The van der Waals surface area contributed by atoms with E-state index in [0.29, 0.717) is 30.4 Å². The maximum atomic E-state index is 12.2. The van der Waals surface area contributed by atoms with E-state index >= 15 is 0 Å². The molecular weight excluding hydrogens is 357 g/mol. The van der Waals surface area contributed by atoms with Gasteiger partial charge < -0.3 is 19.9 Å². The lowest BCUT2D eigenvalue weighted by Crippen LogP contribution is -2.53. The molecule has 0 bridgehead atoms. The number of hydrogen-bond donors (Lipinski definition) is 1. The van der Waals surface area contributed by atoms with Gasteiger partial charge in [0.2, 0.25) is 0 Å². The molecule has 130 valence electrons. The summed E-state index contributed by atoms with van der Waals surface area (Å²) in [7, 11) is 0. The number of nitrogens with zero attached hydrogens (tertiary/aromatic N) is 2. The highest BCUT2D eigenvalue weighted by molar-refractivity contribution is 6.42. The predicted molar refractivity (Wildman–Crippen MR) is 90.3 cm³/mol. The van der Waals surface area contributed by atoms with Gasteiger partial charge in [-0.15, -0.1) is 0 Å². The standard InChI is InChI=1S/C15H17Cl2N3O4/c1-2-24-15(23)20-7-5-19(6-8-20)14(22)13(21)18-10-3-4-11(16)12(17)9-10/h3-4,9H,2,5-8H2,1H3,(H,18,21). The molecule has 1 fully saturated rings. The van der Waals surface area contributed by atoms with Crippen molar-refractivity contribution in [2.24, 2.45) is 0 Å². The molecule has 3 amide bonds. The van der Waals surface area contributed by atoms with Crippen molar-refractivity contribution in [2.75, 3.05) is 38.1 Å². The van der Waals surface area contributed by atoms with Crippen LogP contribution in [0.25, 0.3) is 0 Å². The van der Waals surface area contributed by atoms with E-state index in [1.165, 1.54) is 21.9 Å². The number of carbonyl (C=O) groups is 3. The first-order valence-electron chi connectivity index (χ1n) is 7.39. The second-order valence-electron chi connectivity index (χ2n) is 5.06. The summed E-state index contributed by atoms with van der Waals surface area (Å²) >= 11 is 11.7. The number of piperazine rings is 1. The lowest BCUT2D eigenvalue weighted by atomic mass is 10.3. The number of rotatable bonds is 2. The maximum Gasteiger partial charge on any atom is 0.409 e. The van der Waals surface area contributed by atoms with Crippen LogP contribution < -0.4 is 5.32 Å². The highest BCUT2D eigenvalue weighted by Gasteiger charge is 2.28. The Hall–Kier alpha value is -1.99.